The van der Waals surface area contributed by atoms with E-state index in [0.717, 1.165) is 36.2 Å². The SMILES string of the molecule is COC(C[C@H]1[C@@H](C/C=C\CCCC(=O)O)[C@H]2CC[C@@H]1S2)OC. The minimum absolute atomic E-state index is 0.0907. The predicted molar refractivity (Wildman–Crippen MR) is 89.0 cm³/mol. The van der Waals surface area contributed by atoms with Gasteiger partial charge in [0.2, 0.25) is 0 Å². The molecule has 4 atom stereocenters. The summed E-state index contributed by atoms with van der Waals surface area (Å²) in [6.45, 7) is 0. The second-order valence-corrected chi connectivity index (χ2v) is 7.73. The van der Waals surface area contributed by atoms with Crippen molar-refractivity contribution in [3.8, 4) is 0 Å². The van der Waals surface area contributed by atoms with Crippen LogP contribution in [-0.4, -0.2) is 42.1 Å². The zero-order valence-electron chi connectivity index (χ0n) is 13.6. The van der Waals surface area contributed by atoms with E-state index in [4.69, 9.17) is 14.6 Å². The number of carbonyl (C=O) groups is 1. The van der Waals surface area contributed by atoms with Crippen LogP contribution >= 0.6 is 11.8 Å². The Morgan fingerprint density at radius 2 is 1.91 bits per heavy atom. The van der Waals surface area contributed by atoms with Crippen molar-refractivity contribution in [2.45, 2.75) is 61.7 Å². The molecule has 0 saturated carbocycles. The summed E-state index contributed by atoms with van der Waals surface area (Å²) in [4.78, 5) is 10.5. The van der Waals surface area contributed by atoms with Crippen molar-refractivity contribution < 1.29 is 19.4 Å². The summed E-state index contributed by atoms with van der Waals surface area (Å²) in [6.07, 6.45) is 10.9. The van der Waals surface area contributed by atoms with Crippen LogP contribution in [0.5, 0.6) is 0 Å². The van der Waals surface area contributed by atoms with Gasteiger partial charge in [0.1, 0.15) is 0 Å². The highest BCUT2D eigenvalue weighted by molar-refractivity contribution is 8.01. The molecule has 0 amide bonds. The summed E-state index contributed by atoms with van der Waals surface area (Å²) in [5, 5.41) is 10.2. The Hall–Kier alpha value is -0.520. The van der Waals surface area contributed by atoms with Crippen LogP contribution in [0, 0.1) is 11.8 Å². The molecule has 2 saturated heterocycles. The molecule has 5 heteroatoms. The molecule has 0 radical (unpaired) electrons. The van der Waals surface area contributed by atoms with Gasteiger partial charge in [-0.1, -0.05) is 12.2 Å². The normalized spacial score (nSPS) is 30.7. The van der Waals surface area contributed by atoms with Crippen molar-refractivity contribution in [2.24, 2.45) is 11.8 Å². The van der Waals surface area contributed by atoms with Crippen molar-refractivity contribution in [3.63, 3.8) is 0 Å². The largest absolute Gasteiger partial charge is 0.481 e. The summed E-state index contributed by atoms with van der Waals surface area (Å²) in [7, 11) is 3.43. The van der Waals surface area contributed by atoms with Crippen molar-refractivity contribution in [3.05, 3.63) is 12.2 Å². The van der Waals surface area contributed by atoms with E-state index in [1.165, 1.54) is 12.8 Å². The van der Waals surface area contributed by atoms with E-state index in [1.807, 2.05) is 0 Å². The quantitative estimate of drug-likeness (QED) is 0.376. The van der Waals surface area contributed by atoms with Gasteiger partial charge >= 0.3 is 5.97 Å². The number of hydrogen-bond acceptors (Lipinski definition) is 4. The molecule has 0 aromatic rings. The first kappa shape index (κ1) is 17.8. The molecular weight excluding hydrogens is 300 g/mol. The van der Waals surface area contributed by atoms with Gasteiger partial charge in [0.15, 0.2) is 6.29 Å². The first-order chi connectivity index (χ1) is 10.7. The van der Waals surface area contributed by atoms with Gasteiger partial charge in [-0.2, -0.15) is 11.8 Å². The van der Waals surface area contributed by atoms with E-state index in [9.17, 15) is 4.79 Å². The van der Waals surface area contributed by atoms with Crippen molar-refractivity contribution in [1.82, 2.24) is 0 Å². The number of rotatable bonds is 10. The lowest BCUT2D eigenvalue weighted by Crippen LogP contribution is -2.31. The number of aliphatic carboxylic acids is 1. The maximum absolute atomic E-state index is 10.5. The lowest BCUT2D eigenvalue weighted by atomic mass is 9.75. The van der Waals surface area contributed by atoms with Gasteiger partial charge in [0.05, 0.1) is 0 Å². The standard InChI is InChI=1S/C17H28O4S/c1-20-17(21-2)11-13-12(14-9-10-15(13)22-14)7-5-3-4-6-8-16(18)19/h3,5,12-15,17H,4,6-11H2,1-2H3,(H,18,19)/b5-3-/t12-,13+,14-,15+/m1/s1. The molecule has 0 aromatic heterocycles. The molecule has 2 rings (SSSR count). The second kappa shape index (κ2) is 8.94. The topological polar surface area (TPSA) is 55.8 Å². The number of thioether (sulfide) groups is 1. The van der Waals surface area contributed by atoms with Crippen LogP contribution in [-0.2, 0) is 14.3 Å². The van der Waals surface area contributed by atoms with Gasteiger partial charge < -0.3 is 14.6 Å². The fraction of sp³-hybridized carbons (Fsp3) is 0.824. The molecule has 0 spiro atoms. The van der Waals surface area contributed by atoms with Crippen LogP contribution in [0.1, 0.15) is 44.9 Å². The van der Waals surface area contributed by atoms with Crippen molar-refractivity contribution in [1.29, 1.82) is 0 Å². The Morgan fingerprint density at radius 1 is 1.23 bits per heavy atom. The minimum Gasteiger partial charge on any atom is -0.481 e. The summed E-state index contributed by atoms with van der Waals surface area (Å²) in [5.41, 5.74) is 0. The number of ether oxygens (including phenoxy) is 2. The van der Waals surface area contributed by atoms with Crippen LogP contribution in [0.2, 0.25) is 0 Å². The van der Waals surface area contributed by atoms with E-state index < -0.39 is 5.97 Å². The highest BCUT2D eigenvalue weighted by Crippen LogP contribution is 2.55. The van der Waals surface area contributed by atoms with Crippen LogP contribution in [0.3, 0.4) is 0 Å². The molecule has 2 aliphatic rings. The van der Waals surface area contributed by atoms with Gasteiger partial charge in [-0.05, 0) is 43.9 Å². The molecule has 0 aliphatic carbocycles. The van der Waals surface area contributed by atoms with E-state index in [1.54, 1.807) is 14.2 Å². The zero-order valence-corrected chi connectivity index (χ0v) is 14.4. The summed E-state index contributed by atoms with van der Waals surface area (Å²) < 4.78 is 10.8. The number of carboxylic acid groups (broad SMARTS) is 1. The predicted octanol–water partition coefficient (Wildman–Crippen LogP) is 3.71. The van der Waals surface area contributed by atoms with E-state index in [-0.39, 0.29) is 12.7 Å². The number of hydrogen-bond donors (Lipinski definition) is 1. The van der Waals surface area contributed by atoms with Crippen LogP contribution in [0.15, 0.2) is 12.2 Å². The first-order valence-electron chi connectivity index (χ1n) is 8.23. The fourth-order valence-electron chi connectivity index (χ4n) is 3.78. The van der Waals surface area contributed by atoms with Crippen molar-refractivity contribution in [2.75, 3.05) is 14.2 Å². The highest BCUT2D eigenvalue weighted by Gasteiger charge is 2.48. The van der Waals surface area contributed by atoms with Crippen LogP contribution in [0.4, 0.5) is 0 Å². The van der Waals surface area contributed by atoms with Gasteiger partial charge in [0, 0.05) is 37.6 Å². The number of unbranched alkanes of at least 4 members (excludes halogenated alkanes) is 1. The molecule has 1 N–H and O–H groups in total. The molecule has 0 unspecified atom stereocenters. The molecule has 2 bridgehead atoms. The monoisotopic (exact) mass is 328 g/mol. The highest BCUT2D eigenvalue weighted by atomic mass is 32.2. The molecule has 0 aromatic carbocycles. The van der Waals surface area contributed by atoms with E-state index >= 15 is 0 Å². The average molecular weight is 328 g/mol. The first-order valence-corrected chi connectivity index (χ1v) is 9.17. The van der Waals surface area contributed by atoms with Crippen LogP contribution < -0.4 is 0 Å². The maximum atomic E-state index is 10.5. The Bertz CT molecular complexity index is 381. The van der Waals surface area contributed by atoms with Gasteiger partial charge in [-0.25, -0.2) is 0 Å². The summed E-state index contributed by atoms with van der Waals surface area (Å²) in [5.74, 6) is 0.688. The molecule has 126 valence electrons. The van der Waals surface area contributed by atoms with Crippen molar-refractivity contribution >= 4 is 17.7 Å². The average Bonchev–Trinajstić information content (AvgIpc) is 3.09. The Balaban J connectivity index is 1.80. The third-order valence-corrected chi connectivity index (χ3v) is 6.79. The zero-order chi connectivity index (χ0) is 15.9. The Labute approximate surface area is 137 Å². The molecule has 4 nitrogen and oxygen atoms in total. The molecule has 2 heterocycles. The molecule has 22 heavy (non-hydrogen) atoms. The molecular formula is C17H28O4S. The second-order valence-electron chi connectivity index (χ2n) is 6.25. The lowest BCUT2D eigenvalue weighted by molar-refractivity contribution is -0.137. The molecule has 2 aliphatic heterocycles. The molecule has 2 fully saturated rings. The number of fused-ring (bicyclic) bond motifs is 2. The minimum atomic E-state index is -0.705. The van der Waals surface area contributed by atoms with Gasteiger partial charge in [-0.3, -0.25) is 4.79 Å². The maximum Gasteiger partial charge on any atom is 0.303 e. The third kappa shape index (κ3) is 4.74. The lowest BCUT2D eigenvalue weighted by Gasteiger charge is -2.31. The number of methoxy groups -OCH3 is 2. The van der Waals surface area contributed by atoms with Gasteiger partial charge in [0.25, 0.3) is 0 Å². The van der Waals surface area contributed by atoms with E-state index in [0.29, 0.717) is 11.8 Å². The van der Waals surface area contributed by atoms with Crippen LogP contribution in [0.25, 0.3) is 0 Å². The third-order valence-electron chi connectivity index (χ3n) is 4.92. The van der Waals surface area contributed by atoms with Gasteiger partial charge in [-0.15, -0.1) is 0 Å². The van der Waals surface area contributed by atoms with E-state index in [2.05, 4.69) is 23.9 Å². The smallest absolute Gasteiger partial charge is 0.303 e. The summed E-state index contributed by atoms with van der Waals surface area (Å²) >= 11 is 2.16. The number of allylic oxidation sites excluding steroid dienone is 2. The number of carboxylic acids is 1. The fourth-order valence-corrected chi connectivity index (χ4v) is 5.80. The Kier molecular flexibility index (Phi) is 7.25. The summed E-state index contributed by atoms with van der Waals surface area (Å²) in [6, 6.07) is 0. The Morgan fingerprint density at radius 3 is 2.55 bits per heavy atom.